The van der Waals surface area contributed by atoms with Crippen molar-refractivity contribution >= 4 is 16.0 Å². The first-order valence-corrected chi connectivity index (χ1v) is 6.96. The number of carbonyl (C=O) groups is 1. The molecular weight excluding hydrogens is 254 g/mol. The van der Waals surface area contributed by atoms with Gasteiger partial charge < -0.3 is 5.11 Å². The van der Waals surface area contributed by atoms with E-state index in [0.717, 1.165) is 5.56 Å². The summed E-state index contributed by atoms with van der Waals surface area (Å²) in [7, 11) is -3.81. The second kappa shape index (κ2) is 5.07. The van der Waals surface area contributed by atoms with Gasteiger partial charge in [-0.1, -0.05) is 17.7 Å². The molecular formula is C12H17NO4S. The Morgan fingerprint density at radius 2 is 1.67 bits per heavy atom. The minimum atomic E-state index is -3.81. The summed E-state index contributed by atoms with van der Waals surface area (Å²) in [6.07, 6.45) is 0. The van der Waals surface area contributed by atoms with E-state index in [1.807, 2.05) is 6.92 Å². The second-order valence-electron chi connectivity index (χ2n) is 4.41. The molecule has 6 heteroatoms. The molecule has 0 aliphatic rings. The molecule has 1 aromatic carbocycles. The van der Waals surface area contributed by atoms with Gasteiger partial charge in [-0.3, -0.25) is 4.79 Å². The molecule has 0 bridgehead atoms. The van der Waals surface area contributed by atoms with E-state index in [2.05, 4.69) is 4.72 Å². The van der Waals surface area contributed by atoms with Gasteiger partial charge in [0.2, 0.25) is 10.0 Å². The van der Waals surface area contributed by atoms with Gasteiger partial charge in [0.05, 0.1) is 4.90 Å². The molecule has 1 aromatic rings. The largest absolute Gasteiger partial charge is 0.480 e. The fourth-order valence-electron chi connectivity index (χ4n) is 1.93. The van der Waals surface area contributed by atoms with Gasteiger partial charge in [-0.05, 0) is 38.8 Å². The summed E-state index contributed by atoms with van der Waals surface area (Å²) in [6, 6.07) is 2.36. The molecule has 0 aliphatic carbocycles. The van der Waals surface area contributed by atoms with Crippen LogP contribution in [0.25, 0.3) is 0 Å². The molecule has 0 spiro atoms. The lowest BCUT2D eigenvalue weighted by Crippen LogP contribution is -2.38. The number of benzene rings is 1. The maximum atomic E-state index is 12.1. The molecule has 1 rings (SSSR count). The molecule has 5 nitrogen and oxygen atoms in total. The van der Waals surface area contributed by atoms with Crippen LogP contribution < -0.4 is 4.72 Å². The van der Waals surface area contributed by atoms with E-state index < -0.39 is 22.0 Å². The quantitative estimate of drug-likeness (QED) is 0.866. The number of aryl methyl sites for hydroxylation is 3. The predicted molar refractivity (Wildman–Crippen MR) is 68.1 cm³/mol. The van der Waals surface area contributed by atoms with Crippen LogP contribution in [0.5, 0.6) is 0 Å². The molecule has 0 fully saturated rings. The number of carboxylic acids is 1. The Balaban J connectivity index is 3.25. The fourth-order valence-corrected chi connectivity index (χ4v) is 3.58. The molecule has 100 valence electrons. The van der Waals surface area contributed by atoms with Crippen LogP contribution in [0.15, 0.2) is 17.0 Å². The van der Waals surface area contributed by atoms with E-state index in [4.69, 9.17) is 5.11 Å². The van der Waals surface area contributed by atoms with Crippen LogP contribution in [-0.2, 0) is 14.8 Å². The molecule has 1 atom stereocenters. The first-order chi connectivity index (χ1) is 8.15. The van der Waals surface area contributed by atoms with Crippen LogP contribution in [0.2, 0.25) is 0 Å². The zero-order valence-corrected chi connectivity index (χ0v) is 11.6. The predicted octanol–water partition coefficient (Wildman–Crippen LogP) is 1.36. The van der Waals surface area contributed by atoms with Gasteiger partial charge >= 0.3 is 5.97 Å². The summed E-state index contributed by atoms with van der Waals surface area (Å²) in [6.45, 7) is 6.56. The van der Waals surface area contributed by atoms with E-state index in [1.165, 1.54) is 6.92 Å². The first-order valence-electron chi connectivity index (χ1n) is 5.48. The lowest BCUT2D eigenvalue weighted by Gasteiger charge is -2.15. The van der Waals surface area contributed by atoms with E-state index in [1.54, 1.807) is 26.0 Å². The lowest BCUT2D eigenvalue weighted by atomic mass is 10.1. The number of rotatable bonds is 4. The molecule has 1 unspecified atom stereocenters. The maximum Gasteiger partial charge on any atom is 0.321 e. The average Bonchev–Trinajstić information content (AvgIpc) is 2.13. The lowest BCUT2D eigenvalue weighted by molar-refractivity contribution is -0.138. The smallest absolute Gasteiger partial charge is 0.321 e. The third kappa shape index (κ3) is 3.08. The summed E-state index contributed by atoms with van der Waals surface area (Å²) >= 11 is 0. The van der Waals surface area contributed by atoms with Gasteiger partial charge in [-0.15, -0.1) is 0 Å². The molecule has 0 heterocycles. The number of sulfonamides is 1. The number of carboxylic acid groups (broad SMARTS) is 1. The summed E-state index contributed by atoms with van der Waals surface area (Å²) in [5.41, 5.74) is 2.19. The normalized spacial score (nSPS) is 13.3. The van der Waals surface area contributed by atoms with Crippen molar-refractivity contribution in [3.8, 4) is 0 Å². The van der Waals surface area contributed by atoms with E-state index >= 15 is 0 Å². The average molecular weight is 271 g/mol. The van der Waals surface area contributed by atoms with E-state index in [0.29, 0.717) is 11.1 Å². The Morgan fingerprint density at radius 1 is 1.22 bits per heavy atom. The van der Waals surface area contributed by atoms with Crippen LogP contribution in [-0.4, -0.2) is 25.5 Å². The van der Waals surface area contributed by atoms with Crippen molar-refractivity contribution < 1.29 is 18.3 Å². The third-order valence-corrected chi connectivity index (χ3v) is 4.42. The highest BCUT2D eigenvalue weighted by molar-refractivity contribution is 7.89. The van der Waals surface area contributed by atoms with Crippen molar-refractivity contribution in [1.82, 2.24) is 4.72 Å². The van der Waals surface area contributed by atoms with Gasteiger partial charge in [0, 0.05) is 0 Å². The van der Waals surface area contributed by atoms with Crippen LogP contribution in [0, 0.1) is 20.8 Å². The Kier molecular flexibility index (Phi) is 4.13. The van der Waals surface area contributed by atoms with Crippen LogP contribution in [0.4, 0.5) is 0 Å². The van der Waals surface area contributed by atoms with Crippen LogP contribution >= 0.6 is 0 Å². The second-order valence-corrected chi connectivity index (χ2v) is 6.06. The Hall–Kier alpha value is -1.40. The summed E-state index contributed by atoms with van der Waals surface area (Å²) in [4.78, 5) is 10.9. The summed E-state index contributed by atoms with van der Waals surface area (Å²) < 4.78 is 26.4. The SMILES string of the molecule is Cc1cc(C)c(S(=O)(=O)NC(C)C(=O)O)c(C)c1. The van der Waals surface area contributed by atoms with Crippen molar-refractivity contribution in [3.63, 3.8) is 0 Å². The summed E-state index contributed by atoms with van der Waals surface area (Å²) in [5, 5.41) is 8.75. The van der Waals surface area contributed by atoms with Crippen molar-refractivity contribution in [3.05, 3.63) is 28.8 Å². The molecule has 0 aliphatic heterocycles. The van der Waals surface area contributed by atoms with E-state index in [9.17, 15) is 13.2 Å². The Bertz CT molecular complexity index is 555. The topological polar surface area (TPSA) is 83.5 Å². The van der Waals surface area contributed by atoms with Gasteiger partial charge in [0.15, 0.2) is 0 Å². The van der Waals surface area contributed by atoms with Crippen molar-refractivity contribution in [2.45, 2.75) is 38.6 Å². The third-order valence-electron chi connectivity index (χ3n) is 2.58. The van der Waals surface area contributed by atoms with Crippen molar-refractivity contribution in [1.29, 1.82) is 0 Å². The number of hydrogen-bond donors (Lipinski definition) is 2. The van der Waals surface area contributed by atoms with Crippen molar-refractivity contribution in [2.75, 3.05) is 0 Å². The molecule has 18 heavy (non-hydrogen) atoms. The molecule has 0 amide bonds. The number of hydrogen-bond acceptors (Lipinski definition) is 3. The highest BCUT2D eigenvalue weighted by Crippen LogP contribution is 2.21. The highest BCUT2D eigenvalue weighted by atomic mass is 32.2. The van der Waals surface area contributed by atoms with E-state index in [-0.39, 0.29) is 4.90 Å². The van der Waals surface area contributed by atoms with Gasteiger partial charge in [-0.2, -0.15) is 4.72 Å². The zero-order valence-electron chi connectivity index (χ0n) is 10.8. The molecule has 0 radical (unpaired) electrons. The van der Waals surface area contributed by atoms with Gasteiger partial charge in [-0.25, -0.2) is 8.42 Å². The molecule has 2 N–H and O–H groups in total. The molecule has 0 saturated heterocycles. The standard InChI is InChI=1S/C12H17NO4S/c1-7-5-8(2)11(9(3)6-7)18(16,17)13-10(4)12(14)15/h5-6,10,13H,1-4H3,(H,14,15). The zero-order chi connectivity index (χ0) is 14.1. The minimum Gasteiger partial charge on any atom is -0.480 e. The molecule has 0 aromatic heterocycles. The Morgan fingerprint density at radius 3 is 2.06 bits per heavy atom. The minimum absolute atomic E-state index is 0.154. The monoisotopic (exact) mass is 271 g/mol. The summed E-state index contributed by atoms with van der Waals surface area (Å²) in [5.74, 6) is -1.21. The number of aliphatic carboxylic acids is 1. The highest BCUT2D eigenvalue weighted by Gasteiger charge is 2.24. The number of nitrogens with one attached hydrogen (secondary N) is 1. The fraction of sp³-hybridized carbons (Fsp3) is 0.417. The first kappa shape index (κ1) is 14.7. The van der Waals surface area contributed by atoms with Crippen LogP contribution in [0.3, 0.4) is 0 Å². The van der Waals surface area contributed by atoms with Crippen LogP contribution in [0.1, 0.15) is 23.6 Å². The molecule has 0 saturated carbocycles. The van der Waals surface area contributed by atoms with Gasteiger partial charge in [0.1, 0.15) is 6.04 Å². The maximum absolute atomic E-state index is 12.1. The Labute approximate surface area is 107 Å². The van der Waals surface area contributed by atoms with Crippen molar-refractivity contribution in [2.24, 2.45) is 0 Å². The van der Waals surface area contributed by atoms with Gasteiger partial charge in [0.25, 0.3) is 0 Å².